The van der Waals surface area contributed by atoms with E-state index in [1.807, 2.05) is 37.0 Å². The number of ketones is 1. The number of rotatable bonds is 5. The Morgan fingerprint density at radius 3 is 2.74 bits per heavy atom. The van der Waals surface area contributed by atoms with Crippen LogP contribution in [0.3, 0.4) is 0 Å². The largest absolute Gasteiger partial charge is 0.378 e. The highest BCUT2D eigenvalue weighted by Crippen LogP contribution is 2.41. The summed E-state index contributed by atoms with van der Waals surface area (Å²) in [6, 6.07) is 14.0. The van der Waals surface area contributed by atoms with E-state index in [9.17, 15) is 4.79 Å². The molecule has 0 bridgehead atoms. The summed E-state index contributed by atoms with van der Waals surface area (Å²) < 4.78 is 1.87. The average Bonchev–Trinajstić information content (AvgIpc) is 3.20. The average molecular weight is 433 g/mol. The third-order valence-corrected chi connectivity index (χ3v) is 6.52. The molecular weight excluding hydrogens is 408 g/mol. The van der Waals surface area contributed by atoms with Crippen LogP contribution in [-0.4, -0.2) is 39.6 Å². The zero-order chi connectivity index (χ0) is 21.4. The van der Waals surface area contributed by atoms with Gasteiger partial charge in [-0.05, 0) is 42.7 Å². The maximum Gasteiger partial charge on any atom is 0.227 e. The molecule has 1 atom stereocenters. The number of carbonyl (C=O) groups is 1. The summed E-state index contributed by atoms with van der Waals surface area (Å²) >= 11 is 1.55. The molecule has 7 nitrogen and oxygen atoms in total. The van der Waals surface area contributed by atoms with E-state index in [1.165, 1.54) is 0 Å². The number of hydrogen-bond acceptors (Lipinski definition) is 7. The predicted octanol–water partition coefficient (Wildman–Crippen LogP) is 4.05. The van der Waals surface area contributed by atoms with E-state index in [1.54, 1.807) is 18.0 Å². The molecule has 0 spiro atoms. The van der Waals surface area contributed by atoms with Crippen LogP contribution in [0.15, 0.2) is 65.1 Å². The van der Waals surface area contributed by atoms with E-state index in [2.05, 4.69) is 39.5 Å². The van der Waals surface area contributed by atoms with Gasteiger partial charge in [0.1, 0.15) is 6.04 Å². The van der Waals surface area contributed by atoms with Gasteiger partial charge in [-0.15, -0.1) is 5.10 Å². The monoisotopic (exact) mass is 432 g/mol. The van der Waals surface area contributed by atoms with Crippen molar-refractivity contribution in [3.8, 4) is 0 Å². The number of allylic oxidation sites excluding steroid dienone is 2. The fourth-order valence-corrected chi connectivity index (χ4v) is 4.83. The van der Waals surface area contributed by atoms with Crippen LogP contribution in [0.5, 0.6) is 0 Å². The first-order valence-electron chi connectivity index (χ1n) is 10.4. The zero-order valence-electron chi connectivity index (χ0n) is 17.6. The van der Waals surface area contributed by atoms with Crippen LogP contribution < -0.4 is 10.2 Å². The maximum absolute atomic E-state index is 12.9. The Balaban J connectivity index is 1.51. The molecule has 1 aliphatic carbocycles. The normalized spacial score (nSPS) is 17.7. The minimum Gasteiger partial charge on any atom is -0.378 e. The lowest BCUT2D eigenvalue weighted by Crippen LogP contribution is -2.31. The van der Waals surface area contributed by atoms with E-state index >= 15 is 0 Å². The number of thioether (sulfide) groups is 1. The molecule has 1 aliphatic heterocycles. The van der Waals surface area contributed by atoms with Gasteiger partial charge in [0.05, 0.1) is 5.69 Å². The lowest BCUT2D eigenvalue weighted by molar-refractivity contribution is -0.116. The molecule has 3 heterocycles. The van der Waals surface area contributed by atoms with Crippen molar-refractivity contribution >= 4 is 29.2 Å². The van der Waals surface area contributed by atoms with E-state index < -0.39 is 0 Å². The molecule has 0 saturated heterocycles. The highest BCUT2D eigenvalue weighted by Gasteiger charge is 2.36. The van der Waals surface area contributed by atoms with Crippen molar-refractivity contribution in [1.82, 2.24) is 19.7 Å². The molecule has 1 unspecified atom stereocenters. The van der Waals surface area contributed by atoms with E-state index in [0.717, 1.165) is 41.1 Å². The smallest absolute Gasteiger partial charge is 0.227 e. The highest BCUT2D eigenvalue weighted by atomic mass is 32.2. The second-order valence-corrected chi connectivity index (χ2v) is 8.90. The van der Waals surface area contributed by atoms with Crippen LogP contribution in [-0.2, 0) is 10.5 Å². The Morgan fingerprint density at radius 2 is 2.00 bits per heavy atom. The van der Waals surface area contributed by atoms with Gasteiger partial charge in [0.15, 0.2) is 5.78 Å². The molecule has 2 aliphatic rings. The van der Waals surface area contributed by atoms with Gasteiger partial charge in [-0.1, -0.05) is 30.0 Å². The lowest BCUT2D eigenvalue weighted by Gasteiger charge is -2.32. The van der Waals surface area contributed by atoms with Crippen molar-refractivity contribution in [2.45, 2.75) is 36.2 Å². The number of benzene rings is 1. The molecule has 0 fully saturated rings. The summed E-state index contributed by atoms with van der Waals surface area (Å²) in [5, 5.41) is 8.85. The van der Waals surface area contributed by atoms with Gasteiger partial charge in [0.25, 0.3) is 0 Å². The SMILES string of the molecule is CN(C)c1ccc(C2C3=C(CCCC3=O)Nc3nc(SCc4ccccn4)nn32)cc1. The van der Waals surface area contributed by atoms with Crippen LogP contribution in [0.2, 0.25) is 0 Å². The lowest BCUT2D eigenvalue weighted by atomic mass is 9.85. The number of aromatic nitrogens is 4. The number of fused-ring (bicyclic) bond motifs is 1. The summed E-state index contributed by atoms with van der Waals surface area (Å²) in [5.74, 6) is 1.58. The molecule has 8 heteroatoms. The summed E-state index contributed by atoms with van der Waals surface area (Å²) in [6.07, 6.45) is 4.10. The van der Waals surface area contributed by atoms with Crippen LogP contribution in [0.25, 0.3) is 0 Å². The molecule has 158 valence electrons. The maximum atomic E-state index is 12.9. The van der Waals surface area contributed by atoms with Gasteiger partial charge in [0.2, 0.25) is 11.1 Å². The Labute approximate surface area is 185 Å². The minimum absolute atomic E-state index is 0.194. The molecule has 1 N–H and O–H groups in total. The minimum atomic E-state index is -0.257. The van der Waals surface area contributed by atoms with Gasteiger partial charge in [-0.25, -0.2) is 4.68 Å². The molecule has 2 aromatic heterocycles. The number of anilines is 2. The topological polar surface area (TPSA) is 75.9 Å². The summed E-state index contributed by atoms with van der Waals surface area (Å²) in [4.78, 5) is 24.1. The molecule has 3 aromatic rings. The van der Waals surface area contributed by atoms with E-state index in [0.29, 0.717) is 23.3 Å². The number of carbonyl (C=O) groups excluding carboxylic acids is 1. The van der Waals surface area contributed by atoms with Crippen molar-refractivity contribution in [3.05, 3.63) is 71.2 Å². The van der Waals surface area contributed by atoms with Gasteiger partial charge in [0, 0.05) is 49.4 Å². The third-order valence-electron chi connectivity index (χ3n) is 5.65. The van der Waals surface area contributed by atoms with Crippen LogP contribution in [0.1, 0.15) is 36.6 Å². The summed E-state index contributed by atoms with van der Waals surface area (Å²) in [7, 11) is 4.04. The second kappa shape index (κ2) is 8.19. The zero-order valence-corrected chi connectivity index (χ0v) is 18.4. The molecule has 0 amide bonds. The first-order chi connectivity index (χ1) is 15.1. The Kier molecular flexibility index (Phi) is 5.23. The van der Waals surface area contributed by atoms with Crippen molar-refractivity contribution in [1.29, 1.82) is 0 Å². The Bertz CT molecular complexity index is 1140. The quantitative estimate of drug-likeness (QED) is 0.610. The fourth-order valence-electron chi connectivity index (χ4n) is 4.08. The van der Waals surface area contributed by atoms with E-state index in [-0.39, 0.29) is 11.8 Å². The molecule has 0 saturated carbocycles. The molecular formula is C23H24N6OS. The van der Waals surface area contributed by atoms with Gasteiger partial charge in [-0.3, -0.25) is 9.78 Å². The van der Waals surface area contributed by atoms with Crippen molar-refractivity contribution in [3.63, 3.8) is 0 Å². The standard InChI is InChI=1S/C23H24N6OS/c1-28(2)17-11-9-15(10-12-17)21-20-18(7-5-8-19(20)30)25-22-26-23(27-29(21)22)31-14-16-6-3-4-13-24-16/h3-4,6,9-13,21H,5,7-8,14H2,1-2H3,(H,25,26,27). The summed E-state index contributed by atoms with van der Waals surface area (Å²) in [6.45, 7) is 0. The predicted molar refractivity (Wildman–Crippen MR) is 122 cm³/mol. The molecule has 5 rings (SSSR count). The number of Topliss-reactive ketones (excluding diaryl/α,β-unsaturated/α-hetero) is 1. The third kappa shape index (κ3) is 3.83. The van der Waals surface area contributed by atoms with Gasteiger partial charge < -0.3 is 10.2 Å². The van der Waals surface area contributed by atoms with Crippen molar-refractivity contribution in [2.75, 3.05) is 24.3 Å². The first kappa shape index (κ1) is 19.8. The number of nitrogens with zero attached hydrogens (tertiary/aromatic N) is 5. The number of hydrogen-bond donors (Lipinski definition) is 1. The van der Waals surface area contributed by atoms with E-state index in [4.69, 9.17) is 10.1 Å². The summed E-state index contributed by atoms with van der Waals surface area (Å²) in [5.41, 5.74) is 4.95. The van der Waals surface area contributed by atoms with Crippen LogP contribution in [0, 0.1) is 0 Å². The van der Waals surface area contributed by atoms with Gasteiger partial charge in [-0.2, -0.15) is 4.98 Å². The van der Waals surface area contributed by atoms with Crippen molar-refractivity contribution in [2.24, 2.45) is 0 Å². The molecule has 31 heavy (non-hydrogen) atoms. The number of nitrogens with one attached hydrogen (secondary N) is 1. The highest BCUT2D eigenvalue weighted by molar-refractivity contribution is 7.98. The van der Waals surface area contributed by atoms with Gasteiger partial charge >= 0.3 is 0 Å². The number of pyridine rings is 1. The Morgan fingerprint density at radius 1 is 1.16 bits per heavy atom. The van der Waals surface area contributed by atoms with Crippen molar-refractivity contribution < 1.29 is 4.79 Å². The first-order valence-corrected chi connectivity index (χ1v) is 11.4. The molecule has 1 aromatic carbocycles. The van der Waals surface area contributed by atoms with Crippen LogP contribution >= 0.6 is 11.8 Å². The second-order valence-electron chi connectivity index (χ2n) is 7.95. The van der Waals surface area contributed by atoms with Crippen LogP contribution in [0.4, 0.5) is 11.6 Å². The molecule has 0 radical (unpaired) electrons. The Hall–Kier alpha value is -3.13. The fraction of sp³-hybridized carbons (Fsp3) is 0.304.